The number of carbonyl (C=O) groups is 1. The van der Waals surface area contributed by atoms with Gasteiger partial charge in [0.05, 0.1) is 33.6 Å². The highest BCUT2D eigenvalue weighted by Gasteiger charge is 2.22. The minimum atomic E-state index is -0.495. The molecule has 3 aromatic heterocycles. The van der Waals surface area contributed by atoms with Gasteiger partial charge in [-0.2, -0.15) is 5.26 Å². The largest absolute Gasteiger partial charge is 0.446 e. The fourth-order valence-corrected chi connectivity index (χ4v) is 5.97. The molecule has 192 valence electrons. The number of rotatable bonds is 7. The van der Waals surface area contributed by atoms with E-state index < -0.39 is 6.09 Å². The molecular formula is C27H24N6O3S2. The Kier molecular flexibility index (Phi) is 8.13. The van der Waals surface area contributed by atoms with Crippen LogP contribution in [0.25, 0.3) is 21.7 Å². The zero-order valence-corrected chi connectivity index (χ0v) is 22.1. The lowest BCUT2D eigenvalue weighted by molar-refractivity contribution is 0.00592. The SMILES string of the molecule is CSc1sc(-c2ccnc(Nc3cccc(NC(=O)OC4CCOCC4)c3)n2)c(-c2cccnc2)c1C#N. The molecule has 0 atom stereocenters. The number of nitriles is 1. The smallest absolute Gasteiger partial charge is 0.411 e. The Morgan fingerprint density at radius 3 is 2.79 bits per heavy atom. The Hall–Kier alpha value is -3.98. The van der Waals surface area contributed by atoms with Gasteiger partial charge in [0.15, 0.2) is 0 Å². The van der Waals surface area contributed by atoms with Crippen molar-refractivity contribution in [3.63, 3.8) is 0 Å². The fraction of sp³-hybridized carbons (Fsp3) is 0.222. The van der Waals surface area contributed by atoms with Crippen LogP contribution in [-0.2, 0) is 9.47 Å². The van der Waals surface area contributed by atoms with E-state index in [1.54, 1.807) is 30.7 Å². The molecule has 1 aliphatic heterocycles. The van der Waals surface area contributed by atoms with Crippen molar-refractivity contribution >= 4 is 46.5 Å². The van der Waals surface area contributed by atoms with Gasteiger partial charge in [-0.1, -0.05) is 12.1 Å². The van der Waals surface area contributed by atoms with E-state index in [4.69, 9.17) is 14.5 Å². The molecule has 38 heavy (non-hydrogen) atoms. The Bertz CT molecular complexity index is 1470. The molecule has 1 saturated heterocycles. The average molecular weight is 545 g/mol. The molecule has 1 aromatic carbocycles. The minimum Gasteiger partial charge on any atom is -0.446 e. The summed E-state index contributed by atoms with van der Waals surface area (Å²) in [7, 11) is 0. The summed E-state index contributed by atoms with van der Waals surface area (Å²) in [4.78, 5) is 26.6. The van der Waals surface area contributed by atoms with Crippen LogP contribution < -0.4 is 10.6 Å². The third kappa shape index (κ3) is 5.94. The number of pyridine rings is 1. The first-order valence-electron chi connectivity index (χ1n) is 11.9. The topological polar surface area (TPSA) is 122 Å². The van der Waals surface area contributed by atoms with Gasteiger partial charge in [0.1, 0.15) is 12.2 Å². The molecule has 11 heteroatoms. The van der Waals surface area contributed by atoms with E-state index >= 15 is 0 Å². The van der Waals surface area contributed by atoms with Crippen molar-refractivity contribution < 1.29 is 14.3 Å². The Morgan fingerprint density at radius 1 is 1.18 bits per heavy atom. The minimum absolute atomic E-state index is 0.136. The lowest BCUT2D eigenvalue weighted by Crippen LogP contribution is -2.28. The number of hydrogen-bond acceptors (Lipinski definition) is 10. The molecule has 9 nitrogen and oxygen atoms in total. The van der Waals surface area contributed by atoms with Crippen LogP contribution in [0.3, 0.4) is 0 Å². The van der Waals surface area contributed by atoms with Gasteiger partial charge in [-0.3, -0.25) is 10.3 Å². The highest BCUT2D eigenvalue weighted by molar-refractivity contribution is 8.00. The molecule has 1 fully saturated rings. The number of hydrogen-bond donors (Lipinski definition) is 2. The van der Waals surface area contributed by atoms with Crippen LogP contribution in [-0.4, -0.2) is 46.6 Å². The van der Waals surface area contributed by atoms with Crippen LogP contribution in [0.2, 0.25) is 0 Å². The summed E-state index contributed by atoms with van der Waals surface area (Å²) in [5.41, 5.74) is 4.27. The zero-order chi connectivity index (χ0) is 26.3. The maximum absolute atomic E-state index is 12.3. The van der Waals surface area contributed by atoms with Crippen LogP contribution in [0.15, 0.2) is 65.3 Å². The second-order valence-corrected chi connectivity index (χ2v) is 10.4. The highest BCUT2D eigenvalue weighted by Crippen LogP contribution is 2.45. The van der Waals surface area contributed by atoms with E-state index in [0.29, 0.717) is 54.6 Å². The van der Waals surface area contributed by atoms with E-state index in [2.05, 4.69) is 26.7 Å². The first kappa shape index (κ1) is 25.7. The predicted molar refractivity (Wildman–Crippen MR) is 149 cm³/mol. The number of amides is 1. The van der Waals surface area contributed by atoms with E-state index in [9.17, 15) is 10.1 Å². The number of aromatic nitrogens is 3. The number of benzene rings is 1. The van der Waals surface area contributed by atoms with Crippen molar-refractivity contribution in [2.45, 2.75) is 23.2 Å². The number of anilines is 3. The number of carbonyl (C=O) groups excluding carboxylic acids is 1. The van der Waals surface area contributed by atoms with Crippen molar-refractivity contribution in [2.24, 2.45) is 0 Å². The molecule has 0 spiro atoms. The molecular weight excluding hydrogens is 520 g/mol. The van der Waals surface area contributed by atoms with Crippen LogP contribution in [0.1, 0.15) is 18.4 Å². The molecule has 1 amide bonds. The number of thiophene rings is 1. The van der Waals surface area contributed by atoms with Gasteiger partial charge in [0.25, 0.3) is 0 Å². The normalized spacial score (nSPS) is 13.5. The molecule has 4 aromatic rings. The molecule has 0 unspecified atom stereocenters. The molecule has 5 rings (SSSR count). The number of thioether (sulfide) groups is 1. The lowest BCUT2D eigenvalue weighted by atomic mass is 10.0. The lowest BCUT2D eigenvalue weighted by Gasteiger charge is -2.22. The van der Waals surface area contributed by atoms with Gasteiger partial charge in [-0.25, -0.2) is 14.8 Å². The monoisotopic (exact) mass is 544 g/mol. The molecule has 0 radical (unpaired) electrons. The van der Waals surface area contributed by atoms with Crippen LogP contribution in [0, 0.1) is 11.3 Å². The summed E-state index contributed by atoms with van der Waals surface area (Å²) in [5, 5.41) is 15.9. The summed E-state index contributed by atoms with van der Waals surface area (Å²) in [5.74, 6) is 0.388. The van der Waals surface area contributed by atoms with Gasteiger partial charge < -0.3 is 14.8 Å². The number of nitrogens with one attached hydrogen (secondary N) is 2. The molecule has 0 aliphatic carbocycles. The molecule has 4 heterocycles. The van der Waals surface area contributed by atoms with Crippen molar-refractivity contribution in [1.82, 2.24) is 15.0 Å². The Balaban J connectivity index is 1.37. The fourth-order valence-electron chi connectivity index (χ4n) is 4.06. The third-order valence-corrected chi connectivity index (χ3v) is 8.15. The van der Waals surface area contributed by atoms with Gasteiger partial charge in [-0.05, 0) is 36.6 Å². The van der Waals surface area contributed by atoms with E-state index in [0.717, 1.165) is 20.2 Å². The number of nitrogens with zero attached hydrogens (tertiary/aromatic N) is 4. The Labute approximate surface area is 228 Å². The van der Waals surface area contributed by atoms with Gasteiger partial charge in [-0.15, -0.1) is 23.1 Å². The van der Waals surface area contributed by atoms with Crippen LogP contribution >= 0.6 is 23.1 Å². The summed E-state index contributed by atoms with van der Waals surface area (Å²) >= 11 is 3.06. The summed E-state index contributed by atoms with van der Waals surface area (Å²) < 4.78 is 11.7. The summed E-state index contributed by atoms with van der Waals surface area (Å²) in [6.07, 6.45) is 7.86. The second-order valence-electron chi connectivity index (χ2n) is 8.34. The first-order valence-corrected chi connectivity index (χ1v) is 14.0. The van der Waals surface area contributed by atoms with Crippen molar-refractivity contribution in [3.8, 4) is 27.8 Å². The molecule has 2 N–H and O–H groups in total. The maximum atomic E-state index is 12.3. The van der Waals surface area contributed by atoms with Crippen LogP contribution in [0.5, 0.6) is 0 Å². The van der Waals surface area contributed by atoms with E-state index in [1.165, 1.54) is 23.1 Å². The quantitative estimate of drug-likeness (QED) is 0.257. The first-order chi connectivity index (χ1) is 18.6. The van der Waals surface area contributed by atoms with Crippen molar-refractivity contribution in [2.75, 3.05) is 30.1 Å². The van der Waals surface area contributed by atoms with Gasteiger partial charge in [0, 0.05) is 53.9 Å². The highest BCUT2D eigenvalue weighted by atomic mass is 32.2. The van der Waals surface area contributed by atoms with Crippen molar-refractivity contribution in [1.29, 1.82) is 5.26 Å². The van der Waals surface area contributed by atoms with Crippen LogP contribution in [0.4, 0.5) is 22.1 Å². The van der Waals surface area contributed by atoms with Crippen molar-refractivity contribution in [3.05, 3.63) is 66.6 Å². The van der Waals surface area contributed by atoms with E-state index in [-0.39, 0.29) is 6.10 Å². The van der Waals surface area contributed by atoms with Gasteiger partial charge >= 0.3 is 6.09 Å². The number of ether oxygens (including phenoxy) is 2. The molecule has 0 bridgehead atoms. The second kappa shape index (κ2) is 12.0. The van der Waals surface area contributed by atoms with Gasteiger partial charge in [0.2, 0.25) is 5.95 Å². The zero-order valence-electron chi connectivity index (χ0n) is 20.5. The summed E-state index contributed by atoms with van der Waals surface area (Å²) in [6.45, 7) is 1.20. The third-order valence-electron chi connectivity index (χ3n) is 5.82. The Morgan fingerprint density at radius 2 is 2.03 bits per heavy atom. The average Bonchev–Trinajstić information content (AvgIpc) is 3.33. The predicted octanol–water partition coefficient (Wildman–Crippen LogP) is 6.33. The van der Waals surface area contributed by atoms with E-state index in [1.807, 2.05) is 36.6 Å². The summed E-state index contributed by atoms with van der Waals surface area (Å²) in [6, 6.07) is 15.2. The standard InChI is InChI=1S/C27H24N6O3S2/c1-37-25-21(15-28)23(17-4-3-10-29-16-17)24(38-25)22-7-11-30-26(33-22)31-18-5-2-6-19(14-18)32-27(34)36-20-8-12-35-13-9-20/h2-7,10-11,14,16,20H,8-9,12-13H2,1H3,(H,32,34)(H,30,31,33). The molecule has 0 saturated carbocycles. The molecule has 1 aliphatic rings. The maximum Gasteiger partial charge on any atom is 0.411 e.